The van der Waals surface area contributed by atoms with Gasteiger partial charge in [0, 0.05) is 24.1 Å². The summed E-state index contributed by atoms with van der Waals surface area (Å²) in [6.45, 7) is 0. The zero-order valence-electron chi connectivity index (χ0n) is 23.3. The topological polar surface area (TPSA) is 114 Å². The maximum atomic E-state index is 14.2. The summed E-state index contributed by atoms with van der Waals surface area (Å²) in [6.07, 6.45) is -0.196. The molecule has 1 amide bonds. The second kappa shape index (κ2) is 11.1. The molecule has 230 valence electrons. The molecule has 2 unspecified atom stereocenters. The highest BCUT2D eigenvalue weighted by Gasteiger charge is 2.65. The summed E-state index contributed by atoms with van der Waals surface area (Å²) in [4.78, 5) is 42.8. The van der Waals surface area contributed by atoms with Crippen molar-refractivity contribution in [2.24, 2.45) is 11.8 Å². The van der Waals surface area contributed by atoms with Gasteiger partial charge in [0.1, 0.15) is 0 Å². The number of hydrogen-bond acceptors (Lipinski definition) is 5. The molecule has 3 aromatic rings. The second-order valence-electron chi connectivity index (χ2n) is 11.5. The molecular formula is C31H27ClF4N4O4. The normalized spacial score (nSPS) is 20.8. The van der Waals surface area contributed by atoms with E-state index >= 15 is 0 Å². The number of carboxylic acids is 1. The van der Waals surface area contributed by atoms with Crippen LogP contribution in [0.15, 0.2) is 42.6 Å². The highest BCUT2D eigenvalue weighted by molar-refractivity contribution is 6.34. The number of aromatic nitrogens is 3. The maximum absolute atomic E-state index is 14.2. The van der Waals surface area contributed by atoms with Crippen LogP contribution in [0.3, 0.4) is 0 Å². The Morgan fingerprint density at radius 3 is 2.45 bits per heavy atom. The summed E-state index contributed by atoms with van der Waals surface area (Å²) in [7, 11) is 0. The van der Waals surface area contributed by atoms with E-state index in [-0.39, 0.29) is 47.7 Å². The standard InChI is InChI=1S/C31H27ClF4N4O4/c32-21-4-1-3-20(30(12-13-30)31(34,35)36)24(21)28(42)40-23-15-18(27(41)38-26-22(33)5-2-14-37-26)10-11-19(23)25(39-40)16-6-8-17(9-7-16)29(43)44/h1-6,14,17-18H,7-13,15H2,(H,43,44)(H,37,38,41). The molecule has 1 aromatic carbocycles. The Hall–Kier alpha value is -4.06. The minimum absolute atomic E-state index is 0.00356. The van der Waals surface area contributed by atoms with E-state index in [0.29, 0.717) is 42.6 Å². The Kier molecular flexibility index (Phi) is 7.59. The first kappa shape index (κ1) is 30.0. The second-order valence-corrected chi connectivity index (χ2v) is 11.9. The van der Waals surface area contributed by atoms with Crippen LogP contribution in [0.25, 0.3) is 5.57 Å². The number of benzene rings is 1. The number of fused-ring (bicyclic) bond motifs is 1. The number of nitrogens with one attached hydrogen (secondary N) is 1. The summed E-state index contributed by atoms with van der Waals surface area (Å²) < 4.78 is 57.9. The first-order valence-electron chi connectivity index (χ1n) is 14.3. The number of carbonyl (C=O) groups excluding carboxylic acids is 2. The van der Waals surface area contributed by atoms with Crippen molar-refractivity contribution in [3.05, 3.63) is 81.5 Å². The molecule has 6 rings (SSSR count). The van der Waals surface area contributed by atoms with E-state index in [2.05, 4.69) is 15.4 Å². The number of halogens is 5. The lowest BCUT2D eigenvalue weighted by Crippen LogP contribution is -2.33. The predicted octanol–water partition coefficient (Wildman–Crippen LogP) is 6.36. The molecule has 0 aliphatic heterocycles. The predicted molar refractivity (Wildman–Crippen MR) is 152 cm³/mol. The number of pyridine rings is 1. The van der Waals surface area contributed by atoms with Crippen LogP contribution in [-0.2, 0) is 27.8 Å². The highest BCUT2D eigenvalue weighted by Crippen LogP contribution is 2.60. The third-order valence-corrected chi connectivity index (χ3v) is 9.25. The fraction of sp³-hybridized carbons (Fsp3) is 0.387. The van der Waals surface area contributed by atoms with E-state index in [9.17, 15) is 37.1 Å². The van der Waals surface area contributed by atoms with Gasteiger partial charge in [-0.15, -0.1) is 0 Å². The number of carbonyl (C=O) groups is 3. The monoisotopic (exact) mass is 630 g/mol. The largest absolute Gasteiger partial charge is 0.481 e. The van der Waals surface area contributed by atoms with Crippen LogP contribution in [0.4, 0.5) is 23.4 Å². The first-order valence-corrected chi connectivity index (χ1v) is 14.6. The van der Waals surface area contributed by atoms with Crippen molar-refractivity contribution in [3.63, 3.8) is 0 Å². The lowest BCUT2D eigenvalue weighted by molar-refractivity contribution is -0.160. The quantitative estimate of drug-likeness (QED) is 0.306. The number of anilines is 1. The Balaban J connectivity index is 1.41. The molecule has 13 heteroatoms. The van der Waals surface area contributed by atoms with Gasteiger partial charge < -0.3 is 10.4 Å². The first-order chi connectivity index (χ1) is 20.9. The van der Waals surface area contributed by atoms with Crippen LogP contribution >= 0.6 is 11.6 Å². The summed E-state index contributed by atoms with van der Waals surface area (Å²) in [5, 5.41) is 16.4. The van der Waals surface area contributed by atoms with Crippen molar-refractivity contribution in [1.29, 1.82) is 0 Å². The number of carboxylic acid groups (broad SMARTS) is 1. The molecule has 0 bridgehead atoms. The van der Waals surface area contributed by atoms with Crippen LogP contribution in [0.2, 0.25) is 5.02 Å². The summed E-state index contributed by atoms with van der Waals surface area (Å²) in [5.74, 6) is -4.51. The van der Waals surface area contributed by atoms with Crippen molar-refractivity contribution in [1.82, 2.24) is 14.8 Å². The van der Waals surface area contributed by atoms with Crippen molar-refractivity contribution in [2.45, 2.75) is 63.0 Å². The van der Waals surface area contributed by atoms with Crippen LogP contribution in [0.1, 0.15) is 71.4 Å². The van der Waals surface area contributed by atoms with Crippen LogP contribution in [0, 0.1) is 17.7 Å². The van der Waals surface area contributed by atoms with Gasteiger partial charge >= 0.3 is 12.1 Å². The van der Waals surface area contributed by atoms with Gasteiger partial charge in [-0.1, -0.05) is 29.8 Å². The SMILES string of the molecule is O=C(O)C1CC=C(c2nn(C(=O)c3c(Cl)cccc3C3(C(F)(F)F)CC3)c3c2CCC(C(=O)Nc2ncccc2F)C3)CC1. The molecule has 44 heavy (non-hydrogen) atoms. The smallest absolute Gasteiger partial charge is 0.398 e. The summed E-state index contributed by atoms with van der Waals surface area (Å²) in [6, 6.07) is 6.55. The summed E-state index contributed by atoms with van der Waals surface area (Å²) >= 11 is 6.42. The minimum Gasteiger partial charge on any atom is -0.481 e. The van der Waals surface area contributed by atoms with Gasteiger partial charge in [0.15, 0.2) is 11.6 Å². The fourth-order valence-electron chi connectivity index (χ4n) is 6.31. The van der Waals surface area contributed by atoms with Gasteiger partial charge in [-0.3, -0.25) is 14.4 Å². The molecule has 2 atom stereocenters. The van der Waals surface area contributed by atoms with Crippen LogP contribution in [-0.4, -0.2) is 43.8 Å². The molecule has 1 fully saturated rings. The Morgan fingerprint density at radius 1 is 1.07 bits per heavy atom. The molecule has 1 saturated carbocycles. The minimum atomic E-state index is -4.60. The number of rotatable bonds is 6. The number of amides is 1. The number of aliphatic carboxylic acids is 1. The zero-order chi connectivity index (χ0) is 31.4. The number of alkyl halides is 3. The third kappa shape index (κ3) is 5.18. The van der Waals surface area contributed by atoms with E-state index in [1.165, 1.54) is 30.5 Å². The maximum Gasteiger partial charge on any atom is 0.398 e. The van der Waals surface area contributed by atoms with Crippen LogP contribution < -0.4 is 5.32 Å². The molecule has 2 heterocycles. The molecule has 0 radical (unpaired) electrons. The van der Waals surface area contributed by atoms with E-state index in [4.69, 9.17) is 11.6 Å². The average molecular weight is 631 g/mol. The van der Waals surface area contributed by atoms with Gasteiger partial charge in [-0.2, -0.15) is 23.0 Å². The van der Waals surface area contributed by atoms with Crippen LogP contribution in [0.5, 0.6) is 0 Å². The Morgan fingerprint density at radius 2 is 1.82 bits per heavy atom. The van der Waals surface area contributed by atoms with Crippen molar-refractivity contribution < 1.29 is 37.1 Å². The van der Waals surface area contributed by atoms with Gasteiger partial charge in [-0.05, 0) is 74.3 Å². The molecule has 2 aromatic heterocycles. The molecule has 0 spiro atoms. The number of allylic oxidation sites excluding steroid dienone is 2. The molecule has 8 nitrogen and oxygen atoms in total. The molecule has 0 saturated heterocycles. The lowest BCUT2D eigenvalue weighted by Gasteiger charge is -2.25. The van der Waals surface area contributed by atoms with Gasteiger partial charge in [-0.25, -0.2) is 9.37 Å². The van der Waals surface area contributed by atoms with E-state index in [1.54, 1.807) is 6.08 Å². The molecular weight excluding hydrogens is 604 g/mol. The zero-order valence-corrected chi connectivity index (χ0v) is 24.0. The number of hydrogen-bond donors (Lipinski definition) is 2. The summed E-state index contributed by atoms with van der Waals surface area (Å²) in [5.41, 5.74) is -0.503. The van der Waals surface area contributed by atoms with E-state index < -0.39 is 47.0 Å². The average Bonchev–Trinajstić information content (AvgIpc) is 3.73. The van der Waals surface area contributed by atoms with Crippen molar-refractivity contribution in [3.8, 4) is 0 Å². The Bertz CT molecular complexity index is 1710. The lowest BCUT2D eigenvalue weighted by atomic mass is 9.82. The Labute approximate surface area is 254 Å². The van der Waals surface area contributed by atoms with Gasteiger partial charge in [0.05, 0.1) is 33.3 Å². The fourth-order valence-corrected chi connectivity index (χ4v) is 6.56. The van der Waals surface area contributed by atoms with E-state index in [1.807, 2.05) is 0 Å². The molecule has 2 N–H and O–H groups in total. The van der Waals surface area contributed by atoms with Crippen molar-refractivity contribution in [2.75, 3.05) is 5.32 Å². The van der Waals surface area contributed by atoms with Crippen molar-refractivity contribution >= 4 is 40.8 Å². The van der Waals surface area contributed by atoms with Gasteiger partial charge in [0.2, 0.25) is 5.91 Å². The van der Waals surface area contributed by atoms with Gasteiger partial charge in [0.25, 0.3) is 5.91 Å². The highest BCUT2D eigenvalue weighted by atomic mass is 35.5. The number of nitrogens with zero attached hydrogens (tertiary/aromatic N) is 3. The third-order valence-electron chi connectivity index (χ3n) is 8.94. The molecule has 3 aliphatic carbocycles. The molecule has 3 aliphatic rings. The van der Waals surface area contributed by atoms with E-state index in [0.717, 1.165) is 16.3 Å².